The van der Waals surface area contributed by atoms with E-state index in [2.05, 4.69) is 5.32 Å². The maximum absolute atomic E-state index is 14.5. The van der Waals surface area contributed by atoms with E-state index in [9.17, 15) is 13.6 Å². The summed E-state index contributed by atoms with van der Waals surface area (Å²) in [4.78, 5) is 12.5. The van der Waals surface area contributed by atoms with E-state index in [0.717, 1.165) is 17.7 Å². The zero-order valence-electron chi connectivity index (χ0n) is 16.0. The molecule has 0 saturated heterocycles. The summed E-state index contributed by atoms with van der Waals surface area (Å²) in [5.74, 6) is -2.45. The molecule has 148 valence electrons. The first kappa shape index (κ1) is 21.3. The van der Waals surface area contributed by atoms with Crippen molar-refractivity contribution in [2.24, 2.45) is 0 Å². The molecule has 0 heterocycles. The number of nitrogens with zero attached hydrogens (tertiary/aromatic N) is 1. The second-order valence-electron chi connectivity index (χ2n) is 6.33. The Labute approximate surface area is 162 Å². The molecule has 0 aliphatic rings. The standard InChI is InChI=1S/C21H22F2N2O3/c1-4-27-20(19-17(22)9-16(10-18(19)23)28-13(2)3)21(26)25-12-15-7-5-14(11-24)6-8-15/h5-10,13,20H,4,12H2,1-3H3,(H,25,26). The summed E-state index contributed by atoms with van der Waals surface area (Å²) < 4.78 is 39.7. The summed E-state index contributed by atoms with van der Waals surface area (Å²) in [5.41, 5.74) is 0.773. The summed E-state index contributed by atoms with van der Waals surface area (Å²) in [5, 5.41) is 11.4. The predicted molar refractivity (Wildman–Crippen MR) is 99.5 cm³/mol. The Morgan fingerprint density at radius 3 is 2.29 bits per heavy atom. The molecule has 2 rings (SSSR count). The lowest BCUT2D eigenvalue weighted by atomic mass is 10.1. The highest BCUT2D eigenvalue weighted by molar-refractivity contribution is 5.82. The minimum Gasteiger partial charge on any atom is -0.491 e. The Hall–Kier alpha value is -2.98. The number of halogens is 2. The van der Waals surface area contributed by atoms with Gasteiger partial charge in [-0.05, 0) is 38.5 Å². The molecule has 1 unspecified atom stereocenters. The van der Waals surface area contributed by atoms with Crippen LogP contribution in [0.15, 0.2) is 36.4 Å². The van der Waals surface area contributed by atoms with Gasteiger partial charge in [-0.15, -0.1) is 0 Å². The van der Waals surface area contributed by atoms with Gasteiger partial charge < -0.3 is 14.8 Å². The quantitative estimate of drug-likeness (QED) is 0.742. The molecule has 7 heteroatoms. The molecule has 2 aromatic rings. The van der Waals surface area contributed by atoms with E-state index in [1.54, 1.807) is 45.0 Å². The summed E-state index contributed by atoms with van der Waals surface area (Å²) in [6.45, 7) is 5.34. The predicted octanol–water partition coefficient (Wildman–Crippen LogP) is 4.02. The number of nitrogens with one attached hydrogen (secondary N) is 1. The SMILES string of the molecule is CCOC(C(=O)NCc1ccc(C#N)cc1)c1c(F)cc(OC(C)C)cc1F. The zero-order chi connectivity index (χ0) is 20.7. The molecule has 2 aromatic carbocycles. The molecule has 0 saturated carbocycles. The van der Waals surface area contributed by atoms with Gasteiger partial charge in [-0.2, -0.15) is 5.26 Å². The van der Waals surface area contributed by atoms with Crippen LogP contribution in [0.3, 0.4) is 0 Å². The van der Waals surface area contributed by atoms with E-state index >= 15 is 0 Å². The van der Waals surface area contributed by atoms with Crippen LogP contribution in [0.5, 0.6) is 5.75 Å². The topological polar surface area (TPSA) is 71.3 Å². The fourth-order valence-electron chi connectivity index (χ4n) is 2.59. The first-order valence-corrected chi connectivity index (χ1v) is 8.89. The molecular formula is C21H22F2N2O3. The number of hydrogen-bond donors (Lipinski definition) is 1. The average molecular weight is 388 g/mol. The molecule has 0 bridgehead atoms. The molecule has 0 radical (unpaired) electrons. The van der Waals surface area contributed by atoms with Gasteiger partial charge >= 0.3 is 0 Å². The van der Waals surface area contributed by atoms with Gasteiger partial charge in [0, 0.05) is 25.3 Å². The zero-order valence-corrected chi connectivity index (χ0v) is 16.0. The number of rotatable bonds is 8. The number of amides is 1. The number of benzene rings is 2. The Kier molecular flexibility index (Phi) is 7.47. The van der Waals surface area contributed by atoms with Crippen LogP contribution in [0.4, 0.5) is 8.78 Å². The molecular weight excluding hydrogens is 366 g/mol. The lowest BCUT2D eigenvalue weighted by Crippen LogP contribution is -2.31. The third-order valence-electron chi connectivity index (χ3n) is 3.81. The normalized spacial score (nSPS) is 11.8. The molecule has 0 aliphatic heterocycles. The van der Waals surface area contributed by atoms with Gasteiger partial charge in [0.05, 0.1) is 23.3 Å². The Morgan fingerprint density at radius 1 is 1.18 bits per heavy atom. The van der Waals surface area contributed by atoms with E-state index in [1.807, 2.05) is 6.07 Å². The van der Waals surface area contributed by atoms with E-state index in [1.165, 1.54) is 0 Å². The van der Waals surface area contributed by atoms with Gasteiger partial charge in [-0.3, -0.25) is 4.79 Å². The maximum Gasteiger partial charge on any atom is 0.254 e. The van der Waals surface area contributed by atoms with Crippen molar-refractivity contribution in [2.75, 3.05) is 6.61 Å². The molecule has 0 aromatic heterocycles. The number of carbonyl (C=O) groups excluding carboxylic acids is 1. The van der Waals surface area contributed by atoms with Crippen molar-refractivity contribution in [3.63, 3.8) is 0 Å². The average Bonchev–Trinajstić information content (AvgIpc) is 2.64. The van der Waals surface area contributed by atoms with Crippen molar-refractivity contribution in [3.05, 3.63) is 64.7 Å². The third-order valence-corrected chi connectivity index (χ3v) is 3.81. The highest BCUT2D eigenvalue weighted by Gasteiger charge is 2.28. The number of ether oxygens (including phenoxy) is 2. The first-order valence-electron chi connectivity index (χ1n) is 8.89. The highest BCUT2D eigenvalue weighted by atomic mass is 19.1. The van der Waals surface area contributed by atoms with E-state index < -0.39 is 29.2 Å². The van der Waals surface area contributed by atoms with Crippen LogP contribution < -0.4 is 10.1 Å². The van der Waals surface area contributed by atoms with Crippen LogP contribution in [0, 0.1) is 23.0 Å². The monoisotopic (exact) mass is 388 g/mol. The molecule has 1 N–H and O–H groups in total. The fourth-order valence-corrected chi connectivity index (χ4v) is 2.59. The van der Waals surface area contributed by atoms with Crippen LogP contribution in [0.25, 0.3) is 0 Å². The molecule has 5 nitrogen and oxygen atoms in total. The largest absolute Gasteiger partial charge is 0.491 e. The molecule has 0 aliphatic carbocycles. The van der Waals surface area contributed by atoms with Gasteiger partial charge in [0.2, 0.25) is 0 Å². The van der Waals surface area contributed by atoms with Crippen LogP contribution >= 0.6 is 0 Å². The molecule has 0 spiro atoms. The van der Waals surface area contributed by atoms with Crippen molar-refractivity contribution in [1.29, 1.82) is 5.26 Å². The molecule has 0 fully saturated rings. The van der Waals surface area contributed by atoms with Gasteiger partial charge in [-0.1, -0.05) is 12.1 Å². The van der Waals surface area contributed by atoms with Gasteiger partial charge in [-0.25, -0.2) is 8.78 Å². The minimum atomic E-state index is -1.43. The van der Waals surface area contributed by atoms with Crippen molar-refractivity contribution in [1.82, 2.24) is 5.32 Å². The Balaban J connectivity index is 2.19. The van der Waals surface area contributed by atoms with Crippen LogP contribution in [0.1, 0.15) is 43.6 Å². The first-order chi connectivity index (χ1) is 13.3. The van der Waals surface area contributed by atoms with Gasteiger partial charge in [0.15, 0.2) is 6.10 Å². The van der Waals surface area contributed by atoms with Gasteiger partial charge in [0.25, 0.3) is 5.91 Å². The van der Waals surface area contributed by atoms with Crippen molar-refractivity contribution >= 4 is 5.91 Å². The lowest BCUT2D eigenvalue weighted by molar-refractivity contribution is -0.133. The van der Waals surface area contributed by atoms with Gasteiger partial charge in [0.1, 0.15) is 17.4 Å². The van der Waals surface area contributed by atoms with E-state index in [0.29, 0.717) is 5.56 Å². The van der Waals surface area contributed by atoms with Crippen LogP contribution in [-0.2, 0) is 16.1 Å². The van der Waals surface area contributed by atoms with Crippen LogP contribution in [0.2, 0.25) is 0 Å². The minimum absolute atomic E-state index is 0.0435. The molecule has 1 atom stereocenters. The summed E-state index contributed by atoms with van der Waals surface area (Å²) in [6.07, 6.45) is -1.68. The Bertz CT molecular complexity index is 838. The van der Waals surface area contributed by atoms with Crippen molar-refractivity contribution < 1.29 is 23.0 Å². The van der Waals surface area contributed by atoms with Crippen molar-refractivity contribution in [3.8, 4) is 11.8 Å². The van der Waals surface area contributed by atoms with Crippen LogP contribution in [-0.4, -0.2) is 18.6 Å². The van der Waals surface area contributed by atoms with E-state index in [4.69, 9.17) is 14.7 Å². The van der Waals surface area contributed by atoms with Crippen molar-refractivity contribution in [2.45, 2.75) is 39.5 Å². The summed E-state index contributed by atoms with van der Waals surface area (Å²) in [6, 6.07) is 10.7. The third kappa shape index (κ3) is 5.51. The second-order valence-corrected chi connectivity index (χ2v) is 6.33. The Morgan fingerprint density at radius 2 is 1.79 bits per heavy atom. The second kappa shape index (κ2) is 9.81. The fraction of sp³-hybridized carbons (Fsp3) is 0.333. The summed E-state index contributed by atoms with van der Waals surface area (Å²) in [7, 11) is 0. The molecule has 1 amide bonds. The summed E-state index contributed by atoms with van der Waals surface area (Å²) >= 11 is 0. The number of nitriles is 1. The maximum atomic E-state index is 14.5. The number of carbonyl (C=O) groups is 1. The smallest absolute Gasteiger partial charge is 0.254 e. The lowest BCUT2D eigenvalue weighted by Gasteiger charge is -2.19. The molecule has 28 heavy (non-hydrogen) atoms. The number of hydrogen-bond acceptors (Lipinski definition) is 4. The van der Waals surface area contributed by atoms with E-state index in [-0.39, 0.29) is 25.0 Å². The highest BCUT2D eigenvalue weighted by Crippen LogP contribution is 2.29.